The Morgan fingerprint density at radius 2 is 2.00 bits per heavy atom. The number of carbonyl (C=O) groups is 1. The predicted octanol–water partition coefficient (Wildman–Crippen LogP) is 2.00. The van der Waals surface area contributed by atoms with Gasteiger partial charge in [0.05, 0.1) is 17.5 Å². The SMILES string of the molecule is Cc1cc(C(=O)Nc2ccccc2N2CCC(O)CC2)ncn1. The van der Waals surface area contributed by atoms with Gasteiger partial charge in [0.15, 0.2) is 0 Å². The third-order valence-electron chi connectivity index (χ3n) is 3.99. The molecule has 2 aromatic rings. The summed E-state index contributed by atoms with van der Waals surface area (Å²) >= 11 is 0. The first kappa shape index (κ1) is 15.4. The minimum atomic E-state index is -0.250. The van der Waals surface area contributed by atoms with Gasteiger partial charge in [-0.05, 0) is 38.0 Å². The van der Waals surface area contributed by atoms with Crippen molar-refractivity contribution in [3.63, 3.8) is 0 Å². The molecule has 0 radical (unpaired) electrons. The molecule has 1 aliphatic heterocycles. The quantitative estimate of drug-likeness (QED) is 0.906. The highest BCUT2D eigenvalue weighted by Gasteiger charge is 2.20. The highest BCUT2D eigenvalue weighted by Crippen LogP contribution is 2.28. The number of anilines is 2. The topological polar surface area (TPSA) is 78.4 Å². The van der Waals surface area contributed by atoms with E-state index < -0.39 is 0 Å². The molecular weight excluding hydrogens is 292 g/mol. The molecule has 0 spiro atoms. The van der Waals surface area contributed by atoms with Crippen LogP contribution in [0.3, 0.4) is 0 Å². The summed E-state index contributed by atoms with van der Waals surface area (Å²) < 4.78 is 0. The van der Waals surface area contributed by atoms with Gasteiger partial charge in [-0.2, -0.15) is 0 Å². The Balaban J connectivity index is 1.79. The van der Waals surface area contributed by atoms with Crippen LogP contribution in [0.4, 0.5) is 11.4 Å². The van der Waals surface area contributed by atoms with Gasteiger partial charge in [0, 0.05) is 18.8 Å². The van der Waals surface area contributed by atoms with Crippen molar-refractivity contribution >= 4 is 17.3 Å². The summed E-state index contributed by atoms with van der Waals surface area (Å²) in [6.45, 7) is 3.38. The summed E-state index contributed by atoms with van der Waals surface area (Å²) in [7, 11) is 0. The number of nitrogens with zero attached hydrogens (tertiary/aromatic N) is 3. The van der Waals surface area contributed by atoms with Crippen molar-refractivity contribution < 1.29 is 9.90 Å². The van der Waals surface area contributed by atoms with Crippen LogP contribution in [0.15, 0.2) is 36.7 Å². The first-order valence-electron chi connectivity index (χ1n) is 7.75. The summed E-state index contributed by atoms with van der Waals surface area (Å²) in [5, 5.41) is 12.6. The van der Waals surface area contributed by atoms with Crippen LogP contribution in [-0.4, -0.2) is 40.2 Å². The molecule has 0 saturated carbocycles. The van der Waals surface area contributed by atoms with Crippen molar-refractivity contribution in [1.29, 1.82) is 0 Å². The number of para-hydroxylation sites is 2. The Kier molecular flexibility index (Phi) is 4.52. The fourth-order valence-corrected chi connectivity index (χ4v) is 2.73. The number of amides is 1. The summed E-state index contributed by atoms with van der Waals surface area (Å²) in [4.78, 5) is 22.6. The zero-order valence-corrected chi connectivity index (χ0v) is 13.1. The third-order valence-corrected chi connectivity index (χ3v) is 3.99. The maximum Gasteiger partial charge on any atom is 0.274 e. The van der Waals surface area contributed by atoms with Crippen LogP contribution >= 0.6 is 0 Å². The molecule has 3 rings (SSSR count). The maximum atomic E-state index is 12.4. The third kappa shape index (κ3) is 3.65. The molecule has 0 unspecified atom stereocenters. The number of hydrogen-bond donors (Lipinski definition) is 2. The second-order valence-corrected chi connectivity index (χ2v) is 5.73. The van der Waals surface area contributed by atoms with Crippen LogP contribution in [0.2, 0.25) is 0 Å². The number of aryl methyl sites for hydroxylation is 1. The standard InChI is InChI=1S/C17H20N4O2/c1-12-10-15(19-11-18-12)17(23)20-14-4-2-3-5-16(14)21-8-6-13(22)7-9-21/h2-5,10-11,13,22H,6-9H2,1H3,(H,20,23). The minimum Gasteiger partial charge on any atom is -0.393 e. The van der Waals surface area contributed by atoms with Crippen molar-refractivity contribution in [3.05, 3.63) is 48.0 Å². The number of aliphatic hydroxyl groups excluding tert-OH is 1. The average Bonchev–Trinajstić information content (AvgIpc) is 2.56. The van der Waals surface area contributed by atoms with Gasteiger partial charge < -0.3 is 15.3 Å². The van der Waals surface area contributed by atoms with E-state index in [1.165, 1.54) is 6.33 Å². The Bertz CT molecular complexity index is 696. The fourth-order valence-electron chi connectivity index (χ4n) is 2.73. The number of aromatic nitrogens is 2. The number of carbonyl (C=O) groups excluding carboxylic acids is 1. The number of rotatable bonds is 3. The van der Waals surface area contributed by atoms with E-state index in [1.54, 1.807) is 6.07 Å². The number of benzene rings is 1. The monoisotopic (exact) mass is 312 g/mol. The average molecular weight is 312 g/mol. The molecular formula is C17H20N4O2. The summed E-state index contributed by atoms with van der Waals surface area (Å²) in [5.41, 5.74) is 2.83. The molecule has 0 atom stereocenters. The van der Waals surface area contributed by atoms with Crippen LogP contribution in [0.25, 0.3) is 0 Å². The molecule has 1 aromatic heterocycles. The second-order valence-electron chi connectivity index (χ2n) is 5.73. The van der Waals surface area contributed by atoms with E-state index in [1.807, 2.05) is 31.2 Å². The summed E-state index contributed by atoms with van der Waals surface area (Å²) in [5.74, 6) is -0.250. The second kappa shape index (κ2) is 6.75. The fraction of sp³-hybridized carbons (Fsp3) is 0.353. The van der Waals surface area contributed by atoms with E-state index in [-0.39, 0.29) is 12.0 Å². The molecule has 1 aromatic carbocycles. The Labute approximate surface area is 135 Å². The van der Waals surface area contributed by atoms with E-state index in [2.05, 4.69) is 20.2 Å². The molecule has 0 bridgehead atoms. The smallest absolute Gasteiger partial charge is 0.274 e. The lowest BCUT2D eigenvalue weighted by Crippen LogP contribution is -2.36. The molecule has 1 aliphatic rings. The first-order chi connectivity index (χ1) is 11.1. The molecule has 2 N–H and O–H groups in total. The molecule has 23 heavy (non-hydrogen) atoms. The Morgan fingerprint density at radius 3 is 2.74 bits per heavy atom. The van der Waals surface area contributed by atoms with Crippen LogP contribution < -0.4 is 10.2 Å². The van der Waals surface area contributed by atoms with E-state index in [0.29, 0.717) is 5.69 Å². The minimum absolute atomic E-state index is 0.225. The van der Waals surface area contributed by atoms with Crippen molar-refractivity contribution in [3.8, 4) is 0 Å². The van der Waals surface area contributed by atoms with Crippen LogP contribution in [0.1, 0.15) is 29.0 Å². The maximum absolute atomic E-state index is 12.4. The van der Waals surface area contributed by atoms with E-state index in [9.17, 15) is 9.90 Å². The molecule has 0 aliphatic carbocycles. The van der Waals surface area contributed by atoms with Crippen molar-refractivity contribution in [2.75, 3.05) is 23.3 Å². The Morgan fingerprint density at radius 1 is 1.26 bits per heavy atom. The molecule has 2 heterocycles. The van der Waals surface area contributed by atoms with E-state index in [4.69, 9.17) is 0 Å². The van der Waals surface area contributed by atoms with Crippen molar-refractivity contribution in [1.82, 2.24) is 9.97 Å². The molecule has 1 fully saturated rings. The molecule has 6 nitrogen and oxygen atoms in total. The first-order valence-corrected chi connectivity index (χ1v) is 7.75. The molecule has 6 heteroatoms. The van der Waals surface area contributed by atoms with E-state index in [0.717, 1.165) is 43.0 Å². The van der Waals surface area contributed by atoms with Gasteiger partial charge in [-0.3, -0.25) is 4.79 Å². The van der Waals surface area contributed by atoms with Crippen LogP contribution in [0.5, 0.6) is 0 Å². The van der Waals surface area contributed by atoms with Gasteiger partial charge in [-0.1, -0.05) is 12.1 Å². The zero-order valence-electron chi connectivity index (χ0n) is 13.1. The number of aliphatic hydroxyl groups is 1. The lowest BCUT2D eigenvalue weighted by Gasteiger charge is -2.32. The number of hydrogen-bond acceptors (Lipinski definition) is 5. The Hall–Kier alpha value is -2.47. The lowest BCUT2D eigenvalue weighted by atomic mass is 10.1. The number of piperidine rings is 1. The summed E-state index contributed by atoms with van der Waals surface area (Å²) in [6, 6.07) is 9.37. The molecule has 120 valence electrons. The molecule has 1 amide bonds. The number of nitrogens with one attached hydrogen (secondary N) is 1. The van der Waals surface area contributed by atoms with Gasteiger partial charge in [0.2, 0.25) is 0 Å². The molecule has 1 saturated heterocycles. The highest BCUT2D eigenvalue weighted by atomic mass is 16.3. The van der Waals surface area contributed by atoms with Crippen LogP contribution in [0, 0.1) is 6.92 Å². The van der Waals surface area contributed by atoms with Gasteiger partial charge in [0.1, 0.15) is 12.0 Å². The van der Waals surface area contributed by atoms with Gasteiger partial charge >= 0.3 is 0 Å². The summed E-state index contributed by atoms with van der Waals surface area (Å²) in [6.07, 6.45) is 2.65. The van der Waals surface area contributed by atoms with Crippen LogP contribution in [-0.2, 0) is 0 Å². The zero-order chi connectivity index (χ0) is 16.2. The van der Waals surface area contributed by atoms with Crippen molar-refractivity contribution in [2.24, 2.45) is 0 Å². The predicted molar refractivity (Wildman–Crippen MR) is 88.6 cm³/mol. The van der Waals surface area contributed by atoms with Gasteiger partial charge in [-0.25, -0.2) is 9.97 Å². The van der Waals surface area contributed by atoms with Crippen molar-refractivity contribution in [2.45, 2.75) is 25.9 Å². The van der Waals surface area contributed by atoms with E-state index >= 15 is 0 Å². The highest BCUT2D eigenvalue weighted by molar-refractivity contribution is 6.04. The van der Waals surface area contributed by atoms with Gasteiger partial charge in [-0.15, -0.1) is 0 Å². The lowest BCUT2D eigenvalue weighted by molar-refractivity contribution is 0.102. The normalized spacial score (nSPS) is 15.5. The largest absolute Gasteiger partial charge is 0.393 e. The van der Waals surface area contributed by atoms with Gasteiger partial charge in [0.25, 0.3) is 5.91 Å².